The fraction of sp³-hybridized carbons (Fsp3) is 0.263. The van der Waals surface area contributed by atoms with E-state index in [1.807, 2.05) is 20.8 Å². The fourth-order valence-corrected chi connectivity index (χ4v) is 2.78. The van der Waals surface area contributed by atoms with Gasteiger partial charge in [0.25, 0.3) is 5.91 Å². The summed E-state index contributed by atoms with van der Waals surface area (Å²) in [5, 5.41) is 12.0. The molecule has 0 bridgehead atoms. The van der Waals surface area contributed by atoms with Crippen molar-refractivity contribution in [3.05, 3.63) is 63.4 Å². The third kappa shape index (κ3) is 5.68. The van der Waals surface area contributed by atoms with Gasteiger partial charge in [-0.2, -0.15) is 10.2 Å². The average Bonchev–Trinajstić information content (AvgIpc) is 3.17. The average molecular weight is 421 g/mol. The van der Waals surface area contributed by atoms with E-state index in [1.165, 1.54) is 4.80 Å². The van der Waals surface area contributed by atoms with Crippen LogP contribution in [0.1, 0.15) is 32.8 Å². The third-order valence-corrected chi connectivity index (χ3v) is 4.25. The Hall–Kier alpha value is -2.64. The van der Waals surface area contributed by atoms with Gasteiger partial charge in [0, 0.05) is 16.6 Å². The van der Waals surface area contributed by atoms with Crippen LogP contribution in [0.4, 0.5) is 0 Å². The van der Waals surface area contributed by atoms with E-state index in [1.54, 1.807) is 36.7 Å². The minimum atomic E-state index is -0.351. The number of nitrogens with zero attached hydrogens (tertiary/aromatic N) is 4. The second kappa shape index (κ2) is 10.1. The molecule has 28 heavy (non-hydrogen) atoms. The van der Waals surface area contributed by atoms with E-state index in [-0.39, 0.29) is 23.9 Å². The van der Waals surface area contributed by atoms with Crippen LogP contribution < -0.4 is 11.1 Å². The second-order valence-electron chi connectivity index (χ2n) is 6.08. The van der Waals surface area contributed by atoms with Gasteiger partial charge < -0.3 is 11.1 Å². The van der Waals surface area contributed by atoms with Gasteiger partial charge in [-0.25, -0.2) is 4.99 Å². The lowest BCUT2D eigenvalue weighted by molar-refractivity contribution is -0.117. The number of benzene rings is 1. The van der Waals surface area contributed by atoms with Crippen molar-refractivity contribution in [1.29, 1.82) is 0 Å². The zero-order valence-corrected chi connectivity index (χ0v) is 17.4. The third-order valence-electron chi connectivity index (χ3n) is 3.67. The zero-order chi connectivity index (χ0) is 20.7. The summed E-state index contributed by atoms with van der Waals surface area (Å²) >= 11 is 12.1. The molecule has 0 aliphatic rings. The van der Waals surface area contributed by atoms with Crippen LogP contribution in [0, 0.1) is 0 Å². The number of amidine groups is 1. The molecule has 0 radical (unpaired) electrons. The Morgan fingerprint density at radius 1 is 1.29 bits per heavy atom. The largest absolute Gasteiger partial charge is 0.383 e. The van der Waals surface area contributed by atoms with Crippen LogP contribution in [0.3, 0.4) is 0 Å². The molecular formula is C19H22Cl2N6O. The van der Waals surface area contributed by atoms with E-state index < -0.39 is 0 Å². The molecule has 2 aromatic rings. The number of carbonyl (C=O) groups excluding carboxylic acids is 1. The Morgan fingerprint density at radius 3 is 2.54 bits per heavy atom. The summed E-state index contributed by atoms with van der Waals surface area (Å²) in [6, 6.07) is 5.10. The number of nitrogens with one attached hydrogen (secondary N) is 1. The number of amides is 1. The first-order valence-electron chi connectivity index (χ1n) is 8.64. The first-order valence-corrected chi connectivity index (χ1v) is 9.40. The van der Waals surface area contributed by atoms with E-state index in [9.17, 15) is 4.79 Å². The van der Waals surface area contributed by atoms with Gasteiger partial charge in [0.15, 0.2) is 5.82 Å². The molecule has 0 saturated heterocycles. The van der Waals surface area contributed by atoms with Gasteiger partial charge in [-0.05, 0) is 43.5 Å². The molecule has 3 N–H and O–H groups in total. The summed E-state index contributed by atoms with van der Waals surface area (Å²) in [6.07, 6.45) is 5.42. The Kier molecular flexibility index (Phi) is 7.78. The number of halogens is 2. The molecule has 0 atom stereocenters. The van der Waals surface area contributed by atoms with Crippen molar-refractivity contribution in [2.45, 2.75) is 33.7 Å². The number of aromatic nitrogens is 3. The van der Waals surface area contributed by atoms with Crippen molar-refractivity contribution in [1.82, 2.24) is 20.3 Å². The summed E-state index contributed by atoms with van der Waals surface area (Å²) in [4.78, 5) is 18.4. The molecule has 1 aromatic heterocycles. The van der Waals surface area contributed by atoms with E-state index in [4.69, 9.17) is 28.9 Å². The lowest BCUT2D eigenvalue weighted by Crippen LogP contribution is -2.31. The quantitative estimate of drug-likeness (QED) is 0.404. The molecule has 0 spiro atoms. The van der Waals surface area contributed by atoms with Crippen molar-refractivity contribution in [3.8, 4) is 0 Å². The monoisotopic (exact) mass is 420 g/mol. The predicted molar refractivity (Wildman–Crippen MR) is 113 cm³/mol. The first kappa shape index (κ1) is 21.7. The number of allylic oxidation sites excluding steroid dienone is 2. The van der Waals surface area contributed by atoms with E-state index in [0.717, 1.165) is 11.1 Å². The highest BCUT2D eigenvalue weighted by Crippen LogP contribution is 2.21. The van der Waals surface area contributed by atoms with Crippen LogP contribution >= 0.6 is 23.2 Å². The summed E-state index contributed by atoms with van der Waals surface area (Å²) in [6.45, 7) is 5.87. The highest BCUT2D eigenvalue weighted by molar-refractivity contribution is 6.35. The van der Waals surface area contributed by atoms with Gasteiger partial charge in [0.2, 0.25) is 0 Å². The van der Waals surface area contributed by atoms with Gasteiger partial charge in [-0.1, -0.05) is 42.3 Å². The number of hydrogen-bond acceptors (Lipinski definition) is 4. The van der Waals surface area contributed by atoms with E-state index >= 15 is 0 Å². The number of carbonyl (C=O) groups is 1. The number of rotatable bonds is 7. The van der Waals surface area contributed by atoms with Gasteiger partial charge in [0.05, 0.1) is 18.0 Å². The number of aliphatic imine (C=N–C) groups is 1. The van der Waals surface area contributed by atoms with Gasteiger partial charge in [0.1, 0.15) is 5.84 Å². The van der Waals surface area contributed by atoms with Crippen LogP contribution in [-0.4, -0.2) is 26.7 Å². The molecule has 0 unspecified atom stereocenters. The Bertz CT molecular complexity index is 928. The van der Waals surface area contributed by atoms with Gasteiger partial charge >= 0.3 is 0 Å². The zero-order valence-electron chi connectivity index (χ0n) is 15.9. The van der Waals surface area contributed by atoms with E-state index in [2.05, 4.69) is 20.5 Å². The van der Waals surface area contributed by atoms with Crippen molar-refractivity contribution in [2.24, 2.45) is 10.7 Å². The molecule has 148 valence electrons. The van der Waals surface area contributed by atoms with Crippen LogP contribution in [0.5, 0.6) is 0 Å². The molecule has 1 heterocycles. The fourth-order valence-electron chi connectivity index (χ4n) is 2.31. The minimum absolute atomic E-state index is 0.0788. The normalized spacial score (nSPS) is 12.0. The van der Waals surface area contributed by atoms with Crippen molar-refractivity contribution < 1.29 is 4.79 Å². The maximum atomic E-state index is 12.7. The standard InChI is InChI=1S/C19H22Cl2N6O/c1-4-5-15(17(22)26-18(12(2)3)27-24-8-9-25-27)19(28)23-11-13-6-7-14(20)10-16(13)21/h5-10H,4,11H2,1-3H3,(H2,22,26)(H,23,28)/b15-5-. The molecular weight excluding hydrogens is 399 g/mol. The highest BCUT2D eigenvalue weighted by atomic mass is 35.5. The van der Waals surface area contributed by atoms with E-state index in [0.29, 0.717) is 22.3 Å². The van der Waals surface area contributed by atoms with Crippen molar-refractivity contribution >= 4 is 40.8 Å². The van der Waals surface area contributed by atoms with Crippen LogP contribution in [0.2, 0.25) is 10.0 Å². The summed E-state index contributed by atoms with van der Waals surface area (Å²) in [7, 11) is 0. The SMILES string of the molecule is CC/C=C(C(=O)NCc1ccc(Cl)cc1Cl)/C(N)=N\C(=C(C)C)n1nccn1. The van der Waals surface area contributed by atoms with Gasteiger partial charge in [-0.15, -0.1) is 4.80 Å². The first-order chi connectivity index (χ1) is 13.3. The van der Waals surface area contributed by atoms with Crippen molar-refractivity contribution in [3.63, 3.8) is 0 Å². The molecule has 0 aliphatic carbocycles. The lowest BCUT2D eigenvalue weighted by Gasteiger charge is -2.11. The van der Waals surface area contributed by atoms with Crippen LogP contribution in [-0.2, 0) is 11.3 Å². The lowest BCUT2D eigenvalue weighted by atomic mass is 10.1. The second-order valence-corrected chi connectivity index (χ2v) is 6.93. The number of nitrogens with two attached hydrogens (primary N) is 1. The minimum Gasteiger partial charge on any atom is -0.383 e. The summed E-state index contributed by atoms with van der Waals surface area (Å²) < 4.78 is 0. The van der Waals surface area contributed by atoms with Crippen molar-refractivity contribution in [2.75, 3.05) is 0 Å². The maximum Gasteiger partial charge on any atom is 0.254 e. The molecule has 1 amide bonds. The molecule has 9 heteroatoms. The Balaban J connectivity index is 2.22. The van der Waals surface area contributed by atoms with Crippen LogP contribution in [0.25, 0.3) is 5.82 Å². The smallest absolute Gasteiger partial charge is 0.254 e. The number of hydrogen-bond donors (Lipinski definition) is 2. The molecule has 7 nitrogen and oxygen atoms in total. The molecule has 1 aromatic carbocycles. The molecule has 2 rings (SSSR count). The molecule has 0 aliphatic heterocycles. The molecule has 0 saturated carbocycles. The highest BCUT2D eigenvalue weighted by Gasteiger charge is 2.15. The predicted octanol–water partition coefficient (Wildman–Crippen LogP) is 3.80. The topological polar surface area (TPSA) is 98.2 Å². The van der Waals surface area contributed by atoms with Crippen LogP contribution in [0.15, 0.2) is 52.8 Å². The summed E-state index contributed by atoms with van der Waals surface area (Å²) in [5.74, 6) is 0.184. The Labute approximate surface area is 173 Å². The maximum absolute atomic E-state index is 12.7. The Morgan fingerprint density at radius 2 is 1.96 bits per heavy atom. The summed E-state index contributed by atoms with van der Waals surface area (Å²) in [5.41, 5.74) is 8.02. The van der Waals surface area contributed by atoms with Gasteiger partial charge in [-0.3, -0.25) is 4.79 Å². The molecule has 0 fully saturated rings.